The van der Waals surface area contributed by atoms with E-state index in [1.165, 1.54) is 0 Å². The molecule has 2 aromatic rings. The van der Waals surface area contributed by atoms with Gasteiger partial charge >= 0.3 is 0 Å². The molecular formula is C18H22N2O3. The Bertz CT molecular complexity index is 703. The van der Waals surface area contributed by atoms with E-state index in [9.17, 15) is 9.59 Å². The molecule has 5 heteroatoms. The fourth-order valence-electron chi connectivity index (χ4n) is 2.05. The lowest BCUT2D eigenvalue weighted by atomic mass is 9.90. The monoisotopic (exact) mass is 314 g/mol. The van der Waals surface area contributed by atoms with E-state index in [0.717, 1.165) is 16.8 Å². The lowest BCUT2D eigenvalue weighted by Gasteiger charge is -2.23. The number of furan rings is 1. The van der Waals surface area contributed by atoms with E-state index in [1.54, 1.807) is 32.2 Å². The number of benzene rings is 1. The maximum atomic E-state index is 12.5. The fraction of sp³-hybridized carbons (Fsp3) is 0.333. The number of anilines is 1. The molecule has 2 amide bonds. The van der Waals surface area contributed by atoms with Crippen LogP contribution in [0.25, 0.3) is 0 Å². The van der Waals surface area contributed by atoms with E-state index in [2.05, 4.69) is 10.6 Å². The summed E-state index contributed by atoms with van der Waals surface area (Å²) in [5.41, 5.74) is 1.53. The highest BCUT2D eigenvalue weighted by molar-refractivity contribution is 6.10. The lowest BCUT2D eigenvalue weighted by molar-refractivity contribution is -0.138. The van der Waals surface area contributed by atoms with Crippen molar-refractivity contribution in [1.29, 1.82) is 0 Å². The lowest BCUT2D eigenvalue weighted by Crippen LogP contribution is -2.44. The third-order valence-corrected chi connectivity index (χ3v) is 3.78. The van der Waals surface area contributed by atoms with Gasteiger partial charge in [0.15, 0.2) is 0 Å². The van der Waals surface area contributed by atoms with Crippen molar-refractivity contribution in [2.75, 3.05) is 5.32 Å². The first kappa shape index (κ1) is 16.8. The van der Waals surface area contributed by atoms with Gasteiger partial charge in [-0.05, 0) is 57.0 Å². The van der Waals surface area contributed by atoms with Crippen molar-refractivity contribution in [2.45, 2.75) is 34.2 Å². The van der Waals surface area contributed by atoms with Crippen molar-refractivity contribution >= 4 is 17.5 Å². The Morgan fingerprint density at radius 2 is 1.87 bits per heavy atom. The van der Waals surface area contributed by atoms with Gasteiger partial charge in [-0.1, -0.05) is 12.1 Å². The largest absolute Gasteiger partial charge is 0.467 e. The fourth-order valence-corrected chi connectivity index (χ4v) is 2.05. The molecule has 0 radical (unpaired) electrons. The summed E-state index contributed by atoms with van der Waals surface area (Å²) in [5.74, 6) is -0.0519. The summed E-state index contributed by atoms with van der Waals surface area (Å²) in [6, 6.07) is 9.33. The Balaban J connectivity index is 2.03. The van der Waals surface area contributed by atoms with Crippen molar-refractivity contribution in [3.05, 3.63) is 53.5 Å². The minimum absolute atomic E-state index is 0.256. The second-order valence-corrected chi connectivity index (χ2v) is 6.16. The van der Waals surface area contributed by atoms with Crippen LogP contribution in [0.3, 0.4) is 0 Å². The van der Waals surface area contributed by atoms with Crippen LogP contribution in [0.15, 0.2) is 41.0 Å². The van der Waals surface area contributed by atoms with E-state index in [0.29, 0.717) is 5.76 Å². The number of hydrogen-bond acceptors (Lipinski definition) is 3. The quantitative estimate of drug-likeness (QED) is 0.833. The zero-order valence-electron chi connectivity index (χ0n) is 13.9. The minimum atomic E-state index is -1.19. The molecule has 2 rings (SSSR count). The molecule has 0 aliphatic carbocycles. The van der Waals surface area contributed by atoms with Gasteiger partial charge in [-0.25, -0.2) is 0 Å². The van der Waals surface area contributed by atoms with Gasteiger partial charge < -0.3 is 15.1 Å². The van der Waals surface area contributed by atoms with Gasteiger partial charge in [0.05, 0.1) is 12.8 Å². The van der Waals surface area contributed by atoms with Gasteiger partial charge in [-0.3, -0.25) is 9.59 Å². The molecule has 5 nitrogen and oxygen atoms in total. The summed E-state index contributed by atoms with van der Waals surface area (Å²) >= 11 is 0. The third kappa shape index (κ3) is 4.00. The molecule has 1 heterocycles. The Labute approximate surface area is 136 Å². The molecule has 2 N–H and O–H groups in total. The number of carbonyl (C=O) groups excluding carboxylic acids is 2. The van der Waals surface area contributed by atoms with E-state index >= 15 is 0 Å². The van der Waals surface area contributed by atoms with Crippen LogP contribution in [-0.4, -0.2) is 11.8 Å². The predicted octanol–water partition coefficient (Wildman–Crippen LogP) is 3.18. The van der Waals surface area contributed by atoms with Gasteiger partial charge in [0.25, 0.3) is 0 Å². The Morgan fingerprint density at radius 1 is 1.13 bits per heavy atom. The van der Waals surface area contributed by atoms with Gasteiger partial charge in [0.1, 0.15) is 11.2 Å². The second-order valence-electron chi connectivity index (χ2n) is 6.16. The summed E-state index contributed by atoms with van der Waals surface area (Å²) < 4.78 is 5.17. The number of aryl methyl sites for hydroxylation is 2. The van der Waals surface area contributed by atoms with Crippen molar-refractivity contribution < 1.29 is 14.0 Å². The molecule has 0 spiro atoms. The SMILES string of the molecule is Cc1ccc(C)c(NC(=O)C(C)(C)C(=O)NCc2ccco2)c1. The van der Waals surface area contributed by atoms with E-state index in [1.807, 2.05) is 32.0 Å². The molecule has 0 unspecified atom stereocenters. The smallest absolute Gasteiger partial charge is 0.239 e. The van der Waals surface area contributed by atoms with E-state index < -0.39 is 5.41 Å². The topological polar surface area (TPSA) is 71.3 Å². The summed E-state index contributed by atoms with van der Waals surface area (Å²) in [5, 5.41) is 5.57. The number of hydrogen-bond donors (Lipinski definition) is 2. The molecule has 1 aromatic heterocycles. The zero-order valence-corrected chi connectivity index (χ0v) is 13.9. The van der Waals surface area contributed by atoms with Crippen LogP contribution >= 0.6 is 0 Å². The maximum absolute atomic E-state index is 12.5. The summed E-state index contributed by atoms with van der Waals surface area (Å²) in [4.78, 5) is 24.8. The van der Waals surface area contributed by atoms with Crippen molar-refractivity contribution in [3.8, 4) is 0 Å². The molecule has 122 valence electrons. The second kappa shape index (κ2) is 6.69. The van der Waals surface area contributed by atoms with Crippen LogP contribution in [0.5, 0.6) is 0 Å². The third-order valence-electron chi connectivity index (χ3n) is 3.78. The first-order valence-corrected chi connectivity index (χ1v) is 7.50. The Kier molecular flexibility index (Phi) is 4.89. The van der Waals surface area contributed by atoms with Crippen molar-refractivity contribution in [3.63, 3.8) is 0 Å². The van der Waals surface area contributed by atoms with Crippen LogP contribution in [0, 0.1) is 19.3 Å². The van der Waals surface area contributed by atoms with Gasteiger partial charge in [0.2, 0.25) is 11.8 Å². The highest BCUT2D eigenvalue weighted by Gasteiger charge is 2.36. The maximum Gasteiger partial charge on any atom is 0.239 e. The standard InChI is InChI=1S/C18H22N2O3/c1-12-7-8-13(2)15(10-12)20-17(22)18(3,4)16(21)19-11-14-6-5-9-23-14/h5-10H,11H2,1-4H3,(H,19,21)(H,20,22). The molecule has 0 saturated heterocycles. The highest BCUT2D eigenvalue weighted by Crippen LogP contribution is 2.22. The first-order chi connectivity index (χ1) is 10.8. The zero-order chi connectivity index (χ0) is 17.0. The first-order valence-electron chi connectivity index (χ1n) is 7.50. The normalized spacial score (nSPS) is 11.1. The van der Waals surface area contributed by atoms with Crippen LogP contribution in [0.1, 0.15) is 30.7 Å². The molecule has 0 bridgehead atoms. The Morgan fingerprint density at radius 3 is 2.52 bits per heavy atom. The van der Waals surface area contributed by atoms with Gasteiger partial charge in [-0.15, -0.1) is 0 Å². The average Bonchev–Trinajstić information content (AvgIpc) is 3.01. The molecule has 0 fully saturated rings. The highest BCUT2D eigenvalue weighted by atomic mass is 16.3. The molecule has 0 saturated carbocycles. The van der Waals surface area contributed by atoms with Crippen LogP contribution in [0.2, 0.25) is 0 Å². The molecule has 0 aliphatic heterocycles. The van der Waals surface area contributed by atoms with Gasteiger partial charge in [0, 0.05) is 5.69 Å². The number of carbonyl (C=O) groups is 2. The predicted molar refractivity (Wildman–Crippen MR) is 88.9 cm³/mol. The van der Waals surface area contributed by atoms with Crippen molar-refractivity contribution in [2.24, 2.45) is 5.41 Å². The molecule has 0 aliphatic rings. The summed E-state index contributed by atoms with van der Waals surface area (Å²) in [6.45, 7) is 7.33. The molecule has 23 heavy (non-hydrogen) atoms. The summed E-state index contributed by atoms with van der Waals surface area (Å²) in [7, 11) is 0. The van der Waals surface area contributed by atoms with E-state index in [-0.39, 0.29) is 18.4 Å². The molecule has 0 atom stereocenters. The van der Waals surface area contributed by atoms with Crippen LogP contribution < -0.4 is 10.6 Å². The van der Waals surface area contributed by atoms with Gasteiger partial charge in [-0.2, -0.15) is 0 Å². The molecular weight excluding hydrogens is 292 g/mol. The van der Waals surface area contributed by atoms with Crippen LogP contribution in [0.4, 0.5) is 5.69 Å². The van der Waals surface area contributed by atoms with Crippen molar-refractivity contribution in [1.82, 2.24) is 5.32 Å². The van der Waals surface area contributed by atoms with E-state index in [4.69, 9.17) is 4.42 Å². The number of rotatable bonds is 5. The molecule has 1 aromatic carbocycles. The minimum Gasteiger partial charge on any atom is -0.467 e. The summed E-state index contributed by atoms with van der Waals surface area (Å²) in [6.07, 6.45) is 1.54. The van der Waals surface area contributed by atoms with Crippen LogP contribution in [-0.2, 0) is 16.1 Å². The average molecular weight is 314 g/mol. The Hall–Kier alpha value is -2.56. The number of amides is 2. The number of nitrogens with one attached hydrogen (secondary N) is 2.